The molecule has 0 unspecified atom stereocenters. The van der Waals surface area contributed by atoms with Crippen LogP contribution in [0.3, 0.4) is 0 Å². The number of aromatic hydroxyl groups is 1. The molecule has 1 N–H and O–H groups in total. The van der Waals surface area contributed by atoms with Gasteiger partial charge in [0.15, 0.2) is 11.5 Å². The van der Waals surface area contributed by atoms with E-state index in [0.29, 0.717) is 11.3 Å². The molecule has 2 aromatic carbocycles. The molecule has 0 saturated carbocycles. The molecule has 0 aliphatic carbocycles. The lowest BCUT2D eigenvalue weighted by atomic mass is 10.2. The summed E-state index contributed by atoms with van der Waals surface area (Å²) in [5.74, 6) is 0.327. The van der Waals surface area contributed by atoms with Crippen LogP contribution in [0.2, 0.25) is 0 Å². The Morgan fingerprint density at radius 1 is 1.17 bits per heavy atom. The van der Waals surface area contributed by atoms with Crippen molar-refractivity contribution in [1.29, 1.82) is 0 Å². The van der Waals surface area contributed by atoms with Crippen molar-refractivity contribution in [1.82, 2.24) is 0 Å². The molecule has 0 aliphatic heterocycles. The van der Waals surface area contributed by atoms with Crippen molar-refractivity contribution in [3.8, 4) is 11.5 Å². The van der Waals surface area contributed by atoms with Gasteiger partial charge in [-0.25, -0.2) is 0 Å². The fourth-order valence-electron chi connectivity index (χ4n) is 1.47. The maximum atomic E-state index is 12.0. The molecular weight excluding hydrogens is 248 g/mol. The minimum Gasteiger partial charge on any atom is -0.504 e. The Balaban J connectivity index is 2.17. The Kier molecular flexibility index (Phi) is 3.89. The highest BCUT2D eigenvalue weighted by atomic mass is 32.2. The molecule has 92 valence electrons. The van der Waals surface area contributed by atoms with Gasteiger partial charge in [-0.05, 0) is 42.1 Å². The average Bonchev–Trinajstić information content (AvgIpc) is 2.39. The van der Waals surface area contributed by atoms with Gasteiger partial charge in [-0.1, -0.05) is 18.2 Å². The van der Waals surface area contributed by atoms with E-state index in [9.17, 15) is 9.90 Å². The summed E-state index contributed by atoms with van der Waals surface area (Å²) in [6.45, 7) is 0. The Morgan fingerprint density at radius 3 is 2.50 bits per heavy atom. The Morgan fingerprint density at radius 2 is 1.89 bits per heavy atom. The van der Waals surface area contributed by atoms with Crippen LogP contribution in [0.15, 0.2) is 53.4 Å². The van der Waals surface area contributed by atoms with Crippen LogP contribution in [0.25, 0.3) is 0 Å². The van der Waals surface area contributed by atoms with Crippen molar-refractivity contribution in [2.24, 2.45) is 0 Å². The molecule has 0 heterocycles. The summed E-state index contributed by atoms with van der Waals surface area (Å²) < 4.78 is 4.93. The van der Waals surface area contributed by atoms with Crippen molar-refractivity contribution in [3.05, 3.63) is 54.1 Å². The number of thioether (sulfide) groups is 1. The van der Waals surface area contributed by atoms with E-state index in [4.69, 9.17) is 4.74 Å². The summed E-state index contributed by atoms with van der Waals surface area (Å²) >= 11 is 1.13. The molecular formula is C14H12O3S. The quantitative estimate of drug-likeness (QED) is 0.860. The zero-order valence-corrected chi connectivity index (χ0v) is 10.6. The Bertz CT molecular complexity index is 552. The van der Waals surface area contributed by atoms with E-state index in [1.165, 1.54) is 13.2 Å². The van der Waals surface area contributed by atoms with Crippen LogP contribution in [0.5, 0.6) is 11.5 Å². The highest BCUT2D eigenvalue weighted by Crippen LogP contribution is 2.29. The van der Waals surface area contributed by atoms with Gasteiger partial charge in [-0.15, -0.1) is 0 Å². The van der Waals surface area contributed by atoms with E-state index >= 15 is 0 Å². The SMILES string of the molecule is COc1ccc(C(=O)Sc2ccccc2)cc1O. The molecule has 0 spiro atoms. The van der Waals surface area contributed by atoms with E-state index in [0.717, 1.165) is 16.7 Å². The summed E-state index contributed by atoms with van der Waals surface area (Å²) in [5.41, 5.74) is 0.446. The number of methoxy groups -OCH3 is 1. The monoisotopic (exact) mass is 260 g/mol. The zero-order valence-electron chi connectivity index (χ0n) is 9.79. The molecule has 0 bridgehead atoms. The van der Waals surface area contributed by atoms with Crippen LogP contribution < -0.4 is 4.74 Å². The maximum absolute atomic E-state index is 12.0. The van der Waals surface area contributed by atoms with E-state index in [2.05, 4.69) is 0 Å². The number of hydrogen-bond acceptors (Lipinski definition) is 4. The number of carbonyl (C=O) groups is 1. The van der Waals surface area contributed by atoms with Gasteiger partial charge in [-0.3, -0.25) is 4.79 Å². The Labute approximate surface area is 109 Å². The molecule has 0 radical (unpaired) electrons. The molecule has 0 atom stereocenters. The fourth-order valence-corrected chi connectivity index (χ4v) is 2.22. The van der Waals surface area contributed by atoms with Crippen molar-refractivity contribution in [2.45, 2.75) is 4.90 Å². The third kappa shape index (κ3) is 2.84. The summed E-state index contributed by atoms with van der Waals surface area (Å²) in [5, 5.41) is 9.51. The molecule has 0 saturated heterocycles. The molecule has 0 amide bonds. The number of phenols is 1. The second-order valence-corrected chi connectivity index (χ2v) is 4.64. The summed E-state index contributed by atoms with van der Waals surface area (Å²) in [6.07, 6.45) is 0. The van der Waals surface area contributed by atoms with E-state index in [-0.39, 0.29) is 10.9 Å². The van der Waals surface area contributed by atoms with Crippen molar-refractivity contribution >= 4 is 16.9 Å². The lowest BCUT2D eigenvalue weighted by Gasteiger charge is -2.05. The second kappa shape index (κ2) is 5.60. The van der Waals surface area contributed by atoms with Crippen molar-refractivity contribution in [2.75, 3.05) is 7.11 Å². The number of hydrogen-bond donors (Lipinski definition) is 1. The first-order valence-electron chi connectivity index (χ1n) is 5.35. The van der Waals surface area contributed by atoms with Gasteiger partial charge < -0.3 is 9.84 Å². The number of phenolic OH excluding ortho intramolecular Hbond substituents is 1. The van der Waals surface area contributed by atoms with Crippen molar-refractivity contribution in [3.63, 3.8) is 0 Å². The van der Waals surface area contributed by atoms with Gasteiger partial charge in [0.05, 0.1) is 7.11 Å². The highest BCUT2D eigenvalue weighted by molar-refractivity contribution is 8.14. The minimum atomic E-state index is -0.112. The molecule has 0 aliphatic rings. The third-order valence-corrected chi connectivity index (χ3v) is 3.30. The predicted molar refractivity (Wildman–Crippen MR) is 71.3 cm³/mol. The van der Waals surface area contributed by atoms with E-state index in [1.54, 1.807) is 12.1 Å². The number of benzene rings is 2. The second-order valence-electron chi connectivity index (χ2n) is 3.59. The van der Waals surface area contributed by atoms with Crippen LogP contribution in [0, 0.1) is 0 Å². The summed E-state index contributed by atoms with van der Waals surface area (Å²) in [6, 6.07) is 14.0. The number of rotatable bonds is 3. The Hall–Kier alpha value is -1.94. The molecule has 2 rings (SSSR count). The minimum absolute atomic E-state index is 0.0305. The van der Waals surface area contributed by atoms with Gasteiger partial charge >= 0.3 is 0 Å². The maximum Gasteiger partial charge on any atom is 0.224 e. The van der Waals surface area contributed by atoms with Gasteiger partial charge in [0.25, 0.3) is 0 Å². The van der Waals surface area contributed by atoms with Crippen LogP contribution in [0.1, 0.15) is 10.4 Å². The number of carbonyl (C=O) groups excluding carboxylic acids is 1. The molecule has 0 aromatic heterocycles. The van der Waals surface area contributed by atoms with Gasteiger partial charge in [-0.2, -0.15) is 0 Å². The zero-order chi connectivity index (χ0) is 13.0. The van der Waals surface area contributed by atoms with Crippen LogP contribution in [-0.4, -0.2) is 17.3 Å². The normalized spacial score (nSPS) is 10.1. The lowest BCUT2D eigenvalue weighted by molar-refractivity contribution is 0.108. The van der Waals surface area contributed by atoms with Gasteiger partial charge in [0.1, 0.15) is 0 Å². The number of ether oxygens (including phenoxy) is 1. The molecule has 18 heavy (non-hydrogen) atoms. The first-order valence-corrected chi connectivity index (χ1v) is 6.16. The molecule has 0 fully saturated rings. The predicted octanol–water partition coefficient (Wildman–Crippen LogP) is 3.33. The highest BCUT2D eigenvalue weighted by Gasteiger charge is 2.11. The fraction of sp³-hybridized carbons (Fsp3) is 0.0714. The first-order chi connectivity index (χ1) is 8.70. The smallest absolute Gasteiger partial charge is 0.224 e. The molecule has 2 aromatic rings. The van der Waals surface area contributed by atoms with E-state index in [1.807, 2.05) is 30.3 Å². The van der Waals surface area contributed by atoms with Crippen LogP contribution in [-0.2, 0) is 0 Å². The standard InChI is InChI=1S/C14H12O3S/c1-17-13-8-7-10(9-12(13)15)14(16)18-11-5-3-2-4-6-11/h2-9,15H,1H3. The summed E-state index contributed by atoms with van der Waals surface area (Å²) in [4.78, 5) is 12.8. The van der Waals surface area contributed by atoms with E-state index < -0.39 is 0 Å². The molecule has 4 heteroatoms. The third-order valence-electron chi connectivity index (χ3n) is 2.37. The van der Waals surface area contributed by atoms with Crippen molar-refractivity contribution < 1.29 is 14.6 Å². The molecule has 3 nitrogen and oxygen atoms in total. The van der Waals surface area contributed by atoms with Gasteiger partial charge in [0.2, 0.25) is 5.12 Å². The first kappa shape index (κ1) is 12.5. The summed E-state index contributed by atoms with van der Waals surface area (Å²) in [7, 11) is 1.47. The lowest BCUT2D eigenvalue weighted by Crippen LogP contribution is -1.94. The van der Waals surface area contributed by atoms with Gasteiger partial charge in [0, 0.05) is 10.5 Å². The topological polar surface area (TPSA) is 46.5 Å². The van der Waals surface area contributed by atoms with Crippen LogP contribution >= 0.6 is 11.8 Å². The largest absolute Gasteiger partial charge is 0.504 e. The van der Waals surface area contributed by atoms with Crippen LogP contribution in [0.4, 0.5) is 0 Å². The average molecular weight is 260 g/mol.